The van der Waals surface area contributed by atoms with Crippen LogP contribution in [0.15, 0.2) is 84.9 Å². The van der Waals surface area contributed by atoms with Gasteiger partial charge in [-0.15, -0.1) is 0 Å². The van der Waals surface area contributed by atoms with Gasteiger partial charge in [-0.1, -0.05) is 60.0 Å². The molecule has 0 saturated heterocycles. The van der Waals surface area contributed by atoms with Gasteiger partial charge < -0.3 is 0 Å². The topological polar surface area (TPSA) is 41.9 Å². The quantitative estimate of drug-likeness (QED) is 0.416. The number of anilines is 3. The van der Waals surface area contributed by atoms with E-state index in [1.54, 1.807) is 0 Å². The van der Waals surface area contributed by atoms with Crippen molar-refractivity contribution in [3.05, 3.63) is 107 Å². The Kier molecular flexibility index (Phi) is 5.51. The average molecular weight is 397 g/mol. The summed E-state index contributed by atoms with van der Waals surface area (Å²) < 4.78 is 0. The van der Waals surface area contributed by atoms with Gasteiger partial charge in [0.05, 0.1) is 0 Å². The molecule has 0 saturated carbocycles. The summed E-state index contributed by atoms with van der Waals surface area (Å²) in [7, 11) is 0. The van der Waals surface area contributed by atoms with E-state index in [-0.39, 0.29) is 5.28 Å². The third-order valence-electron chi connectivity index (χ3n) is 4.20. The molecule has 0 bridgehead atoms. The molecule has 0 aliphatic heterocycles. The Morgan fingerprint density at radius 1 is 0.690 bits per heavy atom. The first kappa shape index (κ1) is 18.7. The minimum absolute atomic E-state index is 0.0973. The number of para-hydroxylation sites is 2. The van der Waals surface area contributed by atoms with Crippen LogP contribution < -0.4 is 4.90 Å². The molecule has 4 rings (SSSR count). The van der Waals surface area contributed by atoms with E-state index in [2.05, 4.69) is 26.8 Å². The molecule has 1 aromatic heterocycles. The van der Waals surface area contributed by atoms with E-state index in [1.165, 1.54) is 5.56 Å². The fraction of sp³-hybridized carbons (Fsp3) is 0.0417. The van der Waals surface area contributed by atoms with Gasteiger partial charge in [0.2, 0.25) is 17.1 Å². The zero-order chi connectivity index (χ0) is 20.1. The number of halogens is 1. The number of hydrogen-bond acceptors (Lipinski definition) is 4. The van der Waals surface area contributed by atoms with Crippen molar-refractivity contribution in [2.75, 3.05) is 4.90 Å². The molecule has 5 heteroatoms. The minimum atomic E-state index is 0.0973. The highest BCUT2D eigenvalue weighted by molar-refractivity contribution is 6.28. The van der Waals surface area contributed by atoms with E-state index >= 15 is 0 Å². The van der Waals surface area contributed by atoms with Crippen LogP contribution in [0.5, 0.6) is 0 Å². The van der Waals surface area contributed by atoms with Gasteiger partial charge in [0.1, 0.15) is 0 Å². The Bertz CT molecular complexity index is 1120. The molecule has 0 amide bonds. The lowest BCUT2D eigenvalue weighted by atomic mass is 10.1. The summed E-state index contributed by atoms with van der Waals surface area (Å²) in [6.07, 6.45) is 0. The molecule has 0 aliphatic rings. The summed E-state index contributed by atoms with van der Waals surface area (Å²) in [5, 5.41) is 0.0973. The third-order valence-corrected chi connectivity index (χ3v) is 4.36. The second-order valence-electron chi connectivity index (χ2n) is 6.35. The fourth-order valence-corrected chi connectivity index (χ4v) is 2.95. The predicted octanol–water partition coefficient (Wildman–Crippen LogP) is 5.70. The molecule has 0 radical (unpaired) electrons. The summed E-state index contributed by atoms with van der Waals surface area (Å²) in [5.41, 5.74) is 3.90. The van der Waals surface area contributed by atoms with E-state index in [4.69, 9.17) is 11.6 Å². The maximum atomic E-state index is 6.21. The maximum absolute atomic E-state index is 6.21. The van der Waals surface area contributed by atoms with Crippen LogP contribution in [0.4, 0.5) is 17.3 Å². The van der Waals surface area contributed by atoms with Crippen molar-refractivity contribution in [1.29, 1.82) is 0 Å². The molecule has 4 aromatic rings. The van der Waals surface area contributed by atoms with Crippen molar-refractivity contribution in [2.24, 2.45) is 0 Å². The number of rotatable bonds is 3. The Morgan fingerprint density at radius 2 is 1.28 bits per heavy atom. The first-order valence-electron chi connectivity index (χ1n) is 9.09. The van der Waals surface area contributed by atoms with Crippen LogP contribution >= 0.6 is 11.6 Å². The minimum Gasteiger partial charge on any atom is -0.279 e. The first-order valence-corrected chi connectivity index (χ1v) is 9.47. The molecule has 3 aromatic carbocycles. The van der Waals surface area contributed by atoms with Gasteiger partial charge in [0.15, 0.2) is 0 Å². The van der Waals surface area contributed by atoms with E-state index < -0.39 is 0 Å². The lowest BCUT2D eigenvalue weighted by molar-refractivity contribution is 0.989. The van der Waals surface area contributed by atoms with Gasteiger partial charge in [0, 0.05) is 16.9 Å². The third kappa shape index (κ3) is 4.60. The Morgan fingerprint density at radius 3 is 1.86 bits per heavy atom. The molecule has 0 fully saturated rings. The largest absolute Gasteiger partial charge is 0.279 e. The molecule has 140 valence electrons. The fourth-order valence-electron chi connectivity index (χ4n) is 2.79. The molecule has 1 heterocycles. The maximum Gasteiger partial charge on any atom is 0.240 e. The average Bonchev–Trinajstić information content (AvgIpc) is 2.75. The van der Waals surface area contributed by atoms with Crippen molar-refractivity contribution < 1.29 is 0 Å². The van der Waals surface area contributed by atoms with Crippen LogP contribution in [-0.2, 0) is 0 Å². The molecule has 0 aliphatic carbocycles. The van der Waals surface area contributed by atoms with Crippen molar-refractivity contribution in [3.8, 4) is 11.8 Å². The second kappa shape index (κ2) is 8.55. The highest BCUT2D eigenvalue weighted by Crippen LogP contribution is 2.31. The van der Waals surface area contributed by atoms with Gasteiger partial charge in [-0.3, -0.25) is 4.90 Å². The zero-order valence-electron chi connectivity index (χ0n) is 15.7. The van der Waals surface area contributed by atoms with Crippen LogP contribution in [0.1, 0.15) is 17.0 Å². The van der Waals surface area contributed by atoms with Gasteiger partial charge in [-0.05, 0) is 60.8 Å². The Balaban J connectivity index is 1.77. The standard InChI is InChI=1S/C24H17ClN4/c1-18-12-14-19(15-13-18)16-17-22-26-23(25)28-24(27-22)29(20-8-4-2-5-9-20)21-10-6-3-7-11-21/h2-15H,1H3. The predicted molar refractivity (Wildman–Crippen MR) is 117 cm³/mol. The number of hydrogen-bond donors (Lipinski definition) is 0. The normalized spacial score (nSPS) is 10.1. The van der Waals surface area contributed by atoms with Gasteiger partial charge in [-0.25, -0.2) is 0 Å². The van der Waals surface area contributed by atoms with Crippen LogP contribution in [0.2, 0.25) is 5.28 Å². The van der Waals surface area contributed by atoms with Gasteiger partial charge in [-0.2, -0.15) is 15.0 Å². The van der Waals surface area contributed by atoms with Crippen molar-refractivity contribution >= 4 is 28.9 Å². The second-order valence-corrected chi connectivity index (χ2v) is 6.69. The molecular formula is C24H17ClN4. The summed E-state index contributed by atoms with van der Waals surface area (Å²) in [5.74, 6) is 6.81. The van der Waals surface area contributed by atoms with E-state index in [9.17, 15) is 0 Å². The number of benzene rings is 3. The van der Waals surface area contributed by atoms with Crippen molar-refractivity contribution in [1.82, 2.24) is 15.0 Å². The van der Waals surface area contributed by atoms with Crippen molar-refractivity contribution in [3.63, 3.8) is 0 Å². The molecular weight excluding hydrogens is 380 g/mol. The van der Waals surface area contributed by atoms with Crippen LogP contribution in [0.3, 0.4) is 0 Å². The summed E-state index contributed by atoms with van der Waals surface area (Å²) in [6.45, 7) is 2.04. The van der Waals surface area contributed by atoms with Crippen LogP contribution in [0.25, 0.3) is 0 Å². The summed E-state index contributed by atoms with van der Waals surface area (Å²) >= 11 is 6.21. The molecule has 0 atom stereocenters. The number of aryl methyl sites for hydroxylation is 1. The van der Waals surface area contributed by atoms with E-state index in [0.29, 0.717) is 11.8 Å². The lowest BCUT2D eigenvalue weighted by Gasteiger charge is -2.22. The summed E-state index contributed by atoms with van der Waals surface area (Å²) in [6, 6.07) is 27.7. The smallest absolute Gasteiger partial charge is 0.240 e. The highest BCUT2D eigenvalue weighted by Gasteiger charge is 2.16. The zero-order valence-corrected chi connectivity index (χ0v) is 16.5. The van der Waals surface area contributed by atoms with Crippen LogP contribution in [0, 0.1) is 18.8 Å². The summed E-state index contributed by atoms with van der Waals surface area (Å²) in [4.78, 5) is 15.0. The number of nitrogens with zero attached hydrogens (tertiary/aromatic N) is 4. The van der Waals surface area contributed by atoms with E-state index in [1.807, 2.05) is 96.8 Å². The van der Waals surface area contributed by atoms with Gasteiger partial charge in [0.25, 0.3) is 0 Å². The molecule has 0 spiro atoms. The van der Waals surface area contributed by atoms with Crippen molar-refractivity contribution in [2.45, 2.75) is 6.92 Å². The molecule has 0 N–H and O–H groups in total. The molecule has 0 unspecified atom stereocenters. The van der Waals surface area contributed by atoms with Crippen LogP contribution in [-0.4, -0.2) is 15.0 Å². The monoisotopic (exact) mass is 396 g/mol. The van der Waals surface area contributed by atoms with E-state index in [0.717, 1.165) is 16.9 Å². The molecule has 29 heavy (non-hydrogen) atoms. The highest BCUT2D eigenvalue weighted by atomic mass is 35.5. The Labute approximate surface area is 174 Å². The lowest BCUT2D eigenvalue weighted by Crippen LogP contribution is -2.14. The molecule has 4 nitrogen and oxygen atoms in total. The first-order chi connectivity index (χ1) is 14.2. The SMILES string of the molecule is Cc1ccc(C#Cc2nc(Cl)nc(N(c3ccccc3)c3ccccc3)n2)cc1. The van der Waals surface area contributed by atoms with Gasteiger partial charge >= 0.3 is 0 Å². The Hall–Kier alpha value is -3.68. The number of aromatic nitrogens is 3.